The summed E-state index contributed by atoms with van der Waals surface area (Å²) in [5.74, 6) is 0.878. The molecule has 31 heavy (non-hydrogen) atoms. The van der Waals surface area contributed by atoms with Crippen LogP contribution in [-0.4, -0.2) is 89.2 Å². The van der Waals surface area contributed by atoms with Gasteiger partial charge in [0, 0.05) is 56.3 Å². The van der Waals surface area contributed by atoms with E-state index in [0.29, 0.717) is 38.5 Å². The smallest absolute Gasteiger partial charge is 0.409 e. The highest BCUT2D eigenvalue weighted by Crippen LogP contribution is 2.60. The zero-order chi connectivity index (χ0) is 22.0. The van der Waals surface area contributed by atoms with Gasteiger partial charge in [-0.3, -0.25) is 9.59 Å². The van der Waals surface area contributed by atoms with Crippen LogP contribution in [-0.2, 0) is 14.3 Å². The summed E-state index contributed by atoms with van der Waals surface area (Å²) in [7, 11) is 0. The third-order valence-electron chi connectivity index (χ3n) is 6.63. The van der Waals surface area contributed by atoms with Crippen LogP contribution in [0.5, 0.6) is 0 Å². The number of hydrogen-bond donors (Lipinski definition) is 0. The molecule has 1 aromatic rings. The number of likely N-dealkylation sites (tertiary alicyclic amines) is 1. The molecule has 1 spiro atoms. The number of carbonyl (C=O) groups is 3. The quantitative estimate of drug-likeness (QED) is 0.620. The first-order chi connectivity index (χ1) is 14.9. The summed E-state index contributed by atoms with van der Waals surface area (Å²) in [5, 5.41) is 2.00. The monoisotopic (exact) mass is 466 g/mol. The third-order valence-corrected chi connectivity index (χ3v) is 8.76. The fraction of sp³-hybridized carbons (Fsp3) is 0.714. The molecule has 3 fully saturated rings. The SMILES string of the molecule is CCOC(=O)N1CCN(C(=O)[C@H]2CC23CCN(C(=O)CSc2nc(C)cs2)CC3)CC1. The third kappa shape index (κ3) is 5.00. The normalized spacial score (nSPS) is 22.5. The van der Waals surface area contributed by atoms with Crippen LogP contribution < -0.4 is 0 Å². The van der Waals surface area contributed by atoms with Gasteiger partial charge < -0.3 is 19.4 Å². The van der Waals surface area contributed by atoms with E-state index >= 15 is 0 Å². The van der Waals surface area contributed by atoms with E-state index in [1.807, 2.05) is 22.1 Å². The Balaban J connectivity index is 1.20. The van der Waals surface area contributed by atoms with Crippen LogP contribution >= 0.6 is 23.1 Å². The second-order valence-corrected chi connectivity index (χ2v) is 10.6. The zero-order valence-electron chi connectivity index (χ0n) is 18.2. The van der Waals surface area contributed by atoms with Gasteiger partial charge in [-0.2, -0.15) is 0 Å². The molecule has 8 nitrogen and oxygen atoms in total. The summed E-state index contributed by atoms with van der Waals surface area (Å²) in [4.78, 5) is 47.3. The van der Waals surface area contributed by atoms with Crippen LogP contribution in [0.2, 0.25) is 0 Å². The van der Waals surface area contributed by atoms with Gasteiger partial charge in [0.15, 0.2) is 4.34 Å². The zero-order valence-corrected chi connectivity index (χ0v) is 19.8. The number of aromatic nitrogens is 1. The standard InChI is InChI=1S/C21H30N4O4S2/c1-3-29-20(28)25-10-8-24(9-11-25)18(27)16-12-21(16)4-6-23(7-5-21)17(26)14-31-19-22-15(2)13-30-19/h13,16H,3-12,14H2,1-2H3/t16-/m1/s1. The summed E-state index contributed by atoms with van der Waals surface area (Å²) in [5.41, 5.74) is 1.07. The number of aryl methyl sites for hydroxylation is 1. The number of amides is 3. The second-order valence-electron chi connectivity index (χ2n) is 8.55. The molecule has 0 aromatic carbocycles. The lowest BCUT2D eigenvalue weighted by Gasteiger charge is -2.36. The summed E-state index contributed by atoms with van der Waals surface area (Å²) in [6.07, 6.45) is 2.44. The lowest BCUT2D eigenvalue weighted by atomic mass is 9.90. The number of nitrogens with zero attached hydrogens (tertiary/aromatic N) is 4. The van der Waals surface area contributed by atoms with Crippen LogP contribution in [0.15, 0.2) is 9.72 Å². The Bertz CT molecular complexity index is 829. The maximum atomic E-state index is 13.0. The maximum Gasteiger partial charge on any atom is 0.409 e. The molecule has 170 valence electrons. The molecule has 1 aliphatic carbocycles. The predicted molar refractivity (Wildman–Crippen MR) is 119 cm³/mol. The molecule has 10 heteroatoms. The summed E-state index contributed by atoms with van der Waals surface area (Å²) in [6.45, 7) is 7.79. The topological polar surface area (TPSA) is 83.0 Å². The summed E-state index contributed by atoms with van der Waals surface area (Å²) < 4.78 is 5.99. The molecule has 0 bridgehead atoms. The fourth-order valence-electron chi connectivity index (χ4n) is 4.61. The molecule has 1 atom stereocenters. The van der Waals surface area contributed by atoms with Gasteiger partial charge >= 0.3 is 6.09 Å². The highest BCUT2D eigenvalue weighted by molar-refractivity contribution is 8.01. The molecule has 4 rings (SSSR count). The van der Waals surface area contributed by atoms with Crippen molar-refractivity contribution in [2.45, 2.75) is 37.4 Å². The minimum absolute atomic E-state index is 0.0751. The Morgan fingerprint density at radius 2 is 1.81 bits per heavy atom. The molecule has 1 aromatic heterocycles. The van der Waals surface area contributed by atoms with Crippen molar-refractivity contribution in [3.05, 3.63) is 11.1 Å². The van der Waals surface area contributed by atoms with Crippen molar-refractivity contribution in [3.8, 4) is 0 Å². The van der Waals surface area contributed by atoms with Gasteiger partial charge in [0.1, 0.15) is 0 Å². The molecular weight excluding hydrogens is 436 g/mol. The van der Waals surface area contributed by atoms with Gasteiger partial charge in [0.05, 0.1) is 12.4 Å². The Labute approximate surface area is 191 Å². The number of hydrogen-bond acceptors (Lipinski definition) is 7. The van der Waals surface area contributed by atoms with E-state index in [1.54, 1.807) is 23.2 Å². The minimum atomic E-state index is -0.294. The van der Waals surface area contributed by atoms with Gasteiger partial charge in [-0.1, -0.05) is 11.8 Å². The molecule has 2 saturated heterocycles. The Kier molecular flexibility index (Phi) is 6.76. The molecule has 2 aliphatic heterocycles. The van der Waals surface area contributed by atoms with Crippen LogP contribution in [0.3, 0.4) is 0 Å². The number of ether oxygens (including phenoxy) is 1. The number of rotatable bonds is 5. The molecule has 3 aliphatic rings. The van der Waals surface area contributed by atoms with Crippen molar-refractivity contribution < 1.29 is 19.1 Å². The van der Waals surface area contributed by atoms with Gasteiger partial charge in [-0.25, -0.2) is 9.78 Å². The highest BCUT2D eigenvalue weighted by atomic mass is 32.2. The molecule has 0 radical (unpaired) electrons. The Morgan fingerprint density at radius 1 is 1.13 bits per heavy atom. The highest BCUT2D eigenvalue weighted by Gasteiger charge is 2.59. The first-order valence-corrected chi connectivity index (χ1v) is 12.8. The van der Waals surface area contributed by atoms with Crippen molar-refractivity contribution in [2.24, 2.45) is 11.3 Å². The van der Waals surface area contributed by atoms with Crippen LogP contribution in [0.1, 0.15) is 31.9 Å². The van der Waals surface area contributed by atoms with E-state index in [0.717, 1.165) is 42.4 Å². The number of piperidine rings is 1. The first kappa shape index (κ1) is 22.4. The molecular formula is C21H30N4O4S2. The van der Waals surface area contributed by atoms with Crippen molar-refractivity contribution in [1.29, 1.82) is 0 Å². The lowest BCUT2D eigenvalue weighted by Crippen LogP contribution is -2.51. The maximum absolute atomic E-state index is 13.0. The van der Waals surface area contributed by atoms with Crippen molar-refractivity contribution in [1.82, 2.24) is 19.7 Å². The Morgan fingerprint density at radius 3 is 2.42 bits per heavy atom. The number of thiazole rings is 1. The van der Waals surface area contributed by atoms with Gasteiger partial charge in [0.25, 0.3) is 0 Å². The average molecular weight is 467 g/mol. The summed E-state index contributed by atoms with van der Waals surface area (Å²) >= 11 is 3.09. The average Bonchev–Trinajstić information content (AvgIpc) is 3.31. The van der Waals surface area contributed by atoms with E-state index in [1.165, 1.54) is 11.8 Å². The van der Waals surface area contributed by atoms with E-state index in [-0.39, 0.29) is 29.2 Å². The van der Waals surface area contributed by atoms with E-state index in [4.69, 9.17) is 4.74 Å². The molecule has 0 unspecified atom stereocenters. The van der Waals surface area contributed by atoms with Crippen molar-refractivity contribution in [3.63, 3.8) is 0 Å². The predicted octanol–water partition coefficient (Wildman–Crippen LogP) is 2.47. The largest absolute Gasteiger partial charge is 0.450 e. The lowest BCUT2D eigenvalue weighted by molar-refractivity contribution is -0.135. The van der Waals surface area contributed by atoms with Gasteiger partial charge in [-0.15, -0.1) is 11.3 Å². The van der Waals surface area contributed by atoms with E-state index < -0.39 is 0 Å². The molecule has 1 saturated carbocycles. The van der Waals surface area contributed by atoms with Crippen molar-refractivity contribution >= 4 is 41.0 Å². The second kappa shape index (κ2) is 9.36. The minimum Gasteiger partial charge on any atom is -0.450 e. The number of thioether (sulfide) groups is 1. The number of piperazine rings is 1. The molecule has 3 heterocycles. The fourth-order valence-corrected chi connectivity index (χ4v) is 6.36. The number of carbonyl (C=O) groups excluding carboxylic acids is 3. The van der Waals surface area contributed by atoms with Crippen LogP contribution in [0.25, 0.3) is 0 Å². The van der Waals surface area contributed by atoms with E-state index in [9.17, 15) is 14.4 Å². The first-order valence-electron chi connectivity index (χ1n) is 10.9. The van der Waals surface area contributed by atoms with E-state index in [2.05, 4.69) is 4.98 Å². The van der Waals surface area contributed by atoms with Gasteiger partial charge in [0.2, 0.25) is 11.8 Å². The Hall–Kier alpha value is -1.81. The summed E-state index contributed by atoms with van der Waals surface area (Å²) in [6, 6.07) is 0. The molecule has 0 N–H and O–H groups in total. The molecule has 3 amide bonds. The van der Waals surface area contributed by atoms with Crippen molar-refractivity contribution in [2.75, 3.05) is 51.6 Å². The van der Waals surface area contributed by atoms with Gasteiger partial charge in [-0.05, 0) is 38.5 Å². The van der Waals surface area contributed by atoms with Crippen LogP contribution in [0, 0.1) is 18.3 Å². The van der Waals surface area contributed by atoms with Crippen LogP contribution in [0.4, 0.5) is 4.79 Å².